The van der Waals surface area contributed by atoms with Crippen LogP contribution in [0.4, 0.5) is 0 Å². The van der Waals surface area contributed by atoms with Crippen molar-refractivity contribution in [2.75, 3.05) is 19.6 Å². The molecule has 0 aromatic rings. The second-order valence-electron chi connectivity index (χ2n) is 4.80. The molecule has 2 aliphatic heterocycles. The van der Waals surface area contributed by atoms with Crippen molar-refractivity contribution < 1.29 is 4.74 Å². The monoisotopic (exact) mass is 198 g/mol. The fraction of sp³-hybridized carbons (Fsp3) is 1.00. The molecule has 4 atom stereocenters. The maximum Gasteiger partial charge on any atom is 0.0706 e. The van der Waals surface area contributed by atoms with Crippen LogP contribution in [0.15, 0.2) is 0 Å². The molecule has 2 fully saturated rings. The summed E-state index contributed by atoms with van der Waals surface area (Å²) in [6.45, 7) is 10.1. The van der Waals surface area contributed by atoms with Crippen LogP contribution in [0, 0.1) is 0 Å². The van der Waals surface area contributed by atoms with E-state index in [1.807, 2.05) is 0 Å². The molecule has 3 nitrogen and oxygen atoms in total. The van der Waals surface area contributed by atoms with Crippen LogP contribution in [-0.4, -0.2) is 48.8 Å². The molecular weight excluding hydrogens is 176 g/mol. The van der Waals surface area contributed by atoms with Gasteiger partial charge in [0.1, 0.15) is 0 Å². The van der Waals surface area contributed by atoms with E-state index in [-0.39, 0.29) is 0 Å². The molecule has 0 saturated carbocycles. The zero-order valence-corrected chi connectivity index (χ0v) is 9.49. The first-order valence-electron chi connectivity index (χ1n) is 5.79. The smallest absolute Gasteiger partial charge is 0.0706 e. The van der Waals surface area contributed by atoms with Crippen molar-refractivity contribution in [2.24, 2.45) is 0 Å². The first-order chi connectivity index (χ1) is 6.66. The Bertz CT molecular complexity index is 198. The zero-order chi connectivity index (χ0) is 10.1. The van der Waals surface area contributed by atoms with Crippen LogP contribution in [0.5, 0.6) is 0 Å². The Labute approximate surface area is 86.8 Å². The predicted molar refractivity (Wildman–Crippen MR) is 57.5 cm³/mol. The molecule has 0 aliphatic carbocycles. The van der Waals surface area contributed by atoms with E-state index in [0.29, 0.717) is 24.3 Å². The lowest BCUT2D eigenvalue weighted by molar-refractivity contribution is 0.0350. The van der Waals surface area contributed by atoms with E-state index in [1.54, 1.807) is 0 Å². The summed E-state index contributed by atoms with van der Waals surface area (Å²) in [6, 6.07) is 1.28. The number of hydrogen-bond donors (Lipinski definition) is 1. The number of hydrogen-bond acceptors (Lipinski definition) is 3. The Balaban J connectivity index is 1.93. The van der Waals surface area contributed by atoms with Gasteiger partial charge in [0.25, 0.3) is 0 Å². The van der Waals surface area contributed by atoms with Crippen LogP contribution in [0.3, 0.4) is 0 Å². The fourth-order valence-electron chi connectivity index (χ4n) is 2.75. The Morgan fingerprint density at radius 1 is 1.29 bits per heavy atom. The first kappa shape index (κ1) is 10.4. The highest BCUT2D eigenvalue weighted by Crippen LogP contribution is 2.25. The van der Waals surface area contributed by atoms with Gasteiger partial charge in [-0.3, -0.25) is 4.90 Å². The van der Waals surface area contributed by atoms with Gasteiger partial charge in [-0.05, 0) is 27.2 Å². The Kier molecular flexibility index (Phi) is 3.10. The molecule has 2 heterocycles. The molecular formula is C11H22N2O. The van der Waals surface area contributed by atoms with Gasteiger partial charge in [-0.2, -0.15) is 0 Å². The zero-order valence-electron chi connectivity index (χ0n) is 9.49. The van der Waals surface area contributed by atoms with Gasteiger partial charge in [-0.15, -0.1) is 0 Å². The van der Waals surface area contributed by atoms with Gasteiger partial charge in [0.05, 0.1) is 12.2 Å². The summed E-state index contributed by atoms with van der Waals surface area (Å²) in [6.07, 6.45) is 2.06. The van der Waals surface area contributed by atoms with E-state index in [0.717, 1.165) is 6.54 Å². The molecule has 1 N–H and O–H groups in total. The highest BCUT2D eigenvalue weighted by Gasteiger charge is 2.35. The third-order valence-electron chi connectivity index (χ3n) is 3.43. The molecule has 0 spiro atoms. The van der Waals surface area contributed by atoms with Crippen molar-refractivity contribution in [3.8, 4) is 0 Å². The van der Waals surface area contributed by atoms with E-state index in [2.05, 4.69) is 31.0 Å². The lowest BCUT2D eigenvalue weighted by Crippen LogP contribution is -2.54. The van der Waals surface area contributed by atoms with E-state index < -0.39 is 0 Å². The molecule has 2 rings (SSSR count). The lowest BCUT2D eigenvalue weighted by Gasteiger charge is -2.37. The first-order valence-corrected chi connectivity index (χ1v) is 5.79. The molecule has 82 valence electrons. The van der Waals surface area contributed by atoms with Crippen molar-refractivity contribution in [3.05, 3.63) is 0 Å². The highest BCUT2D eigenvalue weighted by atomic mass is 16.5. The largest absolute Gasteiger partial charge is 0.374 e. The molecule has 2 aliphatic rings. The van der Waals surface area contributed by atoms with Crippen LogP contribution in [0.2, 0.25) is 0 Å². The lowest BCUT2D eigenvalue weighted by atomic mass is 10.1. The van der Waals surface area contributed by atoms with Crippen LogP contribution < -0.4 is 5.32 Å². The van der Waals surface area contributed by atoms with Gasteiger partial charge in [0.15, 0.2) is 0 Å². The van der Waals surface area contributed by atoms with Crippen LogP contribution in [0.25, 0.3) is 0 Å². The Morgan fingerprint density at radius 2 is 2.07 bits per heavy atom. The summed E-state index contributed by atoms with van der Waals surface area (Å²) in [7, 11) is 0. The van der Waals surface area contributed by atoms with E-state index in [9.17, 15) is 0 Å². The SMILES string of the molecule is CC1CN(C2CC(C)OC2C)CCN1. The second-order valence-corrected chi connectivity index (χ2v) is 4.80. The normalized spacial score (nSPS) is 45.6. The average Bonchev–Trinajstić information content (AvgIpc) is 2.45. The van der Waals surface area contributed by atoms with Crippen molar-refractivity contribution in [1.29, 1.82) is 0 Å². The average molecular weight is 198 g/mol. The number of nitrogens with one attached hydrogen (secondary N) is 1. The number of piperazine rings is 1. The van der Waals surface area contributed by atoms with Crippen LogP contribution >= 0.6 is 0 Å². The van der Waals surface area contributed by atoms with Crippen LogP contribution in [-0.2, 0) is 4.74 Å². The number of nitrogens with zero attached hydrogens (tertiary/aromatic N) is 1. The van der Waals surface area contributed by atoms with Crippen LogP contribution in [0.1, 0.15) is 27.2 Å². The van der Waals surface area contributed by atoms with Gasteiger partial charge in [0.2, 0.25) is 0 Å². The maximum absolute atomic E-state index is 5.80. The summed E-state index contributed by atoms with van der Waals surface area (Å²) in [5, 5.41) is 3.48. The van der Waals surface area contributed by atoms with E-state index >= 15 is 0 Å². The quantitative estimate of drug-likeness (QED) is 0.676. The highest BCUT2D eigenvalue weighted by molar-refractivity contribution is 4.89. The van der Waals surface area contributed by atoms with E-state index in [1.165, 1.54) is 19.5 Å². The summed E-state index contributed by atoms with van der Waals surface area (Å²) in [4.78, 5) is 2.59. The van der Waals surface area contributed by atoms with Gasteiger partial charge < -0.3 is 10.1 Å². The third kappa shape index (κ3) is 2.10. The topological polar surface area (TPSA) is 24.5 Å². The van der Waals surface area contributed by atoms with Gasteiger partial charge >= 0.3 is 0 Å². The molecule has 14 heavy (non-hydrogen) atoms. The fourth-order valence-corrected chi connectivity index (χ4v) is 2.75. The molecule has 0 bridgehead atoms. The maximum atomic E-state index is 5.80. The standard InChI is InChI=1S/C11H22N2O/c1-8-7-13(5-4-12-8)11-6-9(2)14-10(11)3/h8-12H,4-7H2,1-3H3. The van der Waals surface area contributed by atoms with Crippen molar-refractivity contribution >= 4 is 0 Å². The summed E-state index contributed by atoms with van der Waals surface area (Å²) >= 11 is 0. The molecule has 0 aromatic heterocycles. The molecule has 0 amide bonds. The van der Waals surface area contributed by atoms with E-state index in [4.69, 9.17) is 4.74 Å². The predicted octanol–water partition coefficient (Wildman–Crippen LogP) is 0.846. The minimum atomic E-state index is 0.412. The summed E-state index contributed by atoms with van der Waals surface area (Å²) in [5.74, 6) is 0. The van der Waals surface area contributed by atoms with Crippen molar-refractivity contribution in [3.63, 3.8) is 0 Å². The minimum Gasteiger partial charge on any atom is -0.374 e. The second kappa shape index (κ2) is 4.17. The third-order valence-corrected chi connectivity index (χ3v) is 3.43. The van der Waals surface area contributed by atoms with Crippen molar-refractivity contribution in [1.82, 2.24) is 10.2 Å². The van der Waals surface area contributed by atoms with Gasteiger partial charge in [-0.1, -0.05) is 0 Å². The molecule has 0 aromatic carbocycles. The molecule has 2 saturated heterocycles. The Morgan fingerprint density at radius 3 is 2.64 bits per heavy atom. The van der Waals surface area contributed by atoms with Crippen molar-refractivity contribution in [2.45, 2.75) is 51.5 Å². The molecule has 0 radical (unpaired) electrons. The van der Waals surface area contributed by atoms with Gasteiger partial charge in [0, 0.05) is 31.7 Å². The van der Waals surface area contributed by atoms with Gasteiger partial charge in [-0.25, -0.2) is 0 Å². The number of rotatable bonds is 1. The molecule has 3 heteroatoms. The summed E-state index contributed by atoms with van der Waals surface area (Å²) < 4.78 is 5.80. The Hall–Kier alpha value is -0.120. The molecule has 4 unspecified atom stereocenters. The number of ether oxygens (including phenoxy) is 1. The summed E-state index contributed by atoms with van der Waals surface area (Å²) in [5.41, 5.74) is 0. The minimum absolute atomic E-state index is 0.412.